The first kappa shape index (κ1) is 8.44. The van der Waals surface area contributed by atoms with Gasteiger partial charge < -0.3 is 0 Å². The monoisotopic (exact) mass is 181 g/mol. The molecule has 4 heteroatoms. The first-order valence-corrected chi connectivity index (χ1v) is 4.32. The largest absolute Gasteiger partial charge is 0.272 e. The summed E-state index contributed by atoms with van der Waals surface area (Å²) >= 11 is 0. The van der Waals surface area contributed by atoms with Crippen molar-refractivity contribution in [3.05, 3.63) is 12.2 Å². The highest BCUT2D eigenvalue weighted by Gasteiger charge is 2.47. The van der Waals surface area contributed by atoms with Crippen molar-refractivity contribution in [2.24, 2.45) is 11.8 Å². The number of allylic oxidation sites excluding steroid dienone is 2. The maximum atomic E-state index is 11.5. The third kappa shape index (κ3) is 1.09. The Hall–Kier alpha value is -1.16. The number of hydrogen-bond acceptors (Lipinski definition) is 3. The van der Waals surface area contributed by atoms with Crippen molar-refractivity contribution in [3.63, 3.8) is 0 Å². The van der Waals surface area contributed by atoms with Crippen LogP contribution in [0.25, 0.3) is 0 Å². The molecule has 2 rings (SSSR count). The molecular weight excluding hydrogens is 170 g/mol. The molecule has 1 aliphatic heterocycles. The van der Waals surface area contributed by atoms with Crippen molar-refractivity contribution < 1.29 is 14.4 Å². The van der Waals surface area contributed by atoms with Gasteiger partial charge in [-0.2, -0.15) is 5.06 Å². The average molecular weight is 181 g/mol. The molecule has 0 saturated carbocycles. The molecule has 1 fully saturated rings. The molecule has 0 aromatic heterocycles. The van der Waals surface area contributed by atoms with E-state index in [0.717, 1.165) is 5.06 Å². The summed E-state index contributed by atoms with van der Waals surface area (Å²) in [7, 11) is 1.35. The number of nitrogens with zero attached hydrogens (tertiary/aromatic N) is 1. The number of hydroxylamine groups is 2. The summed E-state index contributed by atoms with van der Waals surface area (Å²) < 4.78 is 0. The van der Waals surface area contributed by atoms with E-state index in [2.05, 4.69) is 0 Å². The summed E-state index contributed by atoms with van der Waals surface area (Å²) in [5, 5.41) is 0.891. The van der Waals surface area contributed by atoms with Crippen LogP contribution in [0, 0.1) is 11.8 Å². The van der Waals surface area contributed by atoms with Crippen LogP contribution in [0.2, 0.25) is 0 Å². The van der Waals surface area contributed by atoms with Gasteiger partial charge in [0.1, 0.15) is 0 Å². The van der Waals surface area contributed by atoms with E-state index in [1.165, 1.54) is 7.11 Å². The first-order valence-electron chi connectivity index (χ1n) is 4.32. The second-order valence-corrected chi connectivity index (χ2v) is 3.31. The Kier molecular flexibility index (Phi) is 1.92. The third-order valence-corrected chi connectivity index (χ3v) is 2.65. The van der Waals surface area contributed by atoms with Crippen molar-refractivity contribution in [1.82, 2.24) is 5.06 Å². The number of carbonyl (C=O) groups excluding carboxylic acids is 2. The summed E-state index contributed by atoms with van der Waals surface area (Å²) in [6.07, 6.45) is 5.22. The van der Waals surface area contributed by atoms with Crippen LogP contribution in [0.1, 0.15) is 12.8 Å². The van der Waals surface area contributed by atoms with Crippen LogP contribution >= 0.6 is 0 Å². The minimum atomic E-state index is -0.193. The molecule has 1 aliphatic carbocycles. The fourth-order valence-electron chi connectivity index (χ4n) is 1.95. The van der Waals surface area contributed by atoms with Gasteiger partial charge in [0.2, 0.25) is 0 Å². The zero-order valence-electron chi connectivity index (χ0n) is 7.40. The number of amides is 2. The minimum Gasteiger partial charge on any atom is -0.272 e. The minimum absolute atomic E-state index is 0.183. The van der Waals surface area contributed by atoms with Gasteiger partial charge in [0.25, 0.3) is 11.8 Å². The van der Waals surface area contributed by atoms with E-state index < -0.39 is 0 Å². The highest BCUT2D eigenvalue weighted by atomic mass is 16.7. The molecule has 0 N–H and O–H groups in total. The van der Waals surface area contributed by atoms with E-state index in [0.29, 0.717) is 12.8 Å². The average Bonchev–Trinajstić information content (AvgIpc) is 2.41. The molecule has 1 saturated heterocycles. The topological polar surface area (TPSA) is 46.6 Å². The lowest BCUT2D eigenvalue weighted by molar-refractivity contribution is -0.181. The molecule has 0 radical (unpaired) electrons. The van der Waals surface area contributed by atoms with E-state index in [-0.39, 0.29) is 23.7 Å². The van der Waals surface area contributed by atoms with Crippen LogP contribution in [-0.2, 0) is 14.4 Å². The Morgan fingerprint density at radius 1 is 1.23 bits per heavy atom. The Morgan fingerprint density at radius 3 is 2.08 bits per heavy atom. The summed E-state index contributed by atoms with van der Waals surface area (Å²) in [6.45, 7) is 0. The van der Waals surface area contributed by atoms with Gasteiger partial charge in [-0.3, -0.25) is 14.4 Å². The summed E-state index contributed by atoms with van der Waals surface area (Å²) in [5.74, 6) is -0.751. The van der Waals surface area contributed by atoms with Crippen molar-refractivity contribution in [2.75, 3.05) is 7.11 Å². The molecular formula is C9H11NO3. The van der Waals surface area contributed by atoms with E-state index in [9.17, 15) is 9.59 Å². The zero-order valence-corrected chi connectivity index (χ0v) is 7.40. The highest BCUT2D eigenvalue weighted by Crippen LogP contribution is 2.34. The van der Waals surface area contributed by atoms with E-state index in [4.69, 9.17) is 4.84 Å². The Balaban J connectivity index is 2.27. The van der Waals surface area contributed by atoms with Crippen LogP contribution < -0.4 is 0 Å². The van der Waals surface area contributed by atoms with Gasteiger partial charge in [0.05, 0.1) is 18.9 Å². The van der Waals surface area contributed by atoms with Crippen molar-refractivity contribution in [2.45, 2.75) is 12.8 Å². The molecule has 70 valence electrons. The third-order valence-electron chi connectivity index (χ3n) is 2.65. The number of rotatable bonds is 1. The van der Waals surface area contributed by atoms with E-state index in [1.54, 1.807) is 0 Å². The number of hydrogen-bond donors (Lipinski definition) is 0. The number of imide groups is 1. The predicted octanol–water partition coefficient (Wildman–Crippen LogP) is 0.499. The molecule has 2 aliphatic rings. The lowest BCUT2D eigenvalue weighted by Crippen LogP contribution is -2.29. The highest BCUT2D eigenvalue weighted by molar-refractivity contribution is 6.04. The molecule has 1 heterocycles. The maximum absolute atomic E-state index is 11.5. The smallest absolute Gasteiger partial charge is 0.257 e. The van der Waals surface area contributed by atoms with Crippen LogP contribution in [0.15, 0.2) is 12.2 Å². The van der Waals surface area contributed by atoms with Gasteiger partial charge in [-0.1, -0.05) is 12.2 Å². The van der Waals surface area contributed by atoms with Crippen LogP contribution in [0.4, 0.5) is 0 Å². The van der Waals surface area contributed by atoms with Crippen LogP contribution in [0.5, 0.6) is 0 Å². The zero-order chi connectivity index (χ0) is 9.42. The normalized spacial score (nSPS) is 32.5. The summed E-state index contributed by atoms with van der Waals surface area (Å²) in [4.78, 5) is 27.8. The lowest BCUT2D eigenvalue weighted by Gasteiger charge is -2.14. The predicted molar refractivity (Wildman–Crippen MR) is 44.2 cm³/mol. The lowest BCUT2D eigenvalue weighted by atomic mass is 9.85. The van der Waals surface area contributed by atoms with Gasteiger partial charge >= 0.3 is 0 Å². The second kappa shape index (κ2) is 2.96. The first-order chi connectivity index (χ1) is 6.25. The standard InChI is InChI=1S/C9H11NO3/c1-13-10-8(11)6-4-2-3-5-7(6)9(10)12/h2-3,6-7H,4-5H2,1H3. The van der Waals surface area contributed by atoms with Gasteiger partial charge in [0, 0.05) is 0 Å². The van der Waals surface area contributed by atoms with Crippen molar-refractivity contribution in [1.29, 1.82) is 0 Å². The Bertz CT molecular complexity index is 259. The fraction of sp³-hybridized carbons (Fsp3) is 0.556. The van der Waals surface area contributed by atoms with E-state index in [1.807, 2.05) is 12.2 Å². The molecule has 0 aromatic carbocycles. The fourth-order valence-corrected chi connectivity index (χ4v) is 1.95. The quantitative estimate of drug-likeness (QED) is 0.437. The SMILES string of the molecule is CON1C(=O)C2CC=CCC2C1=O. The molecule has 2 atom stereocenters. The van der Waals surface area contributed by atoms with Gasteiger partial charge in [-0.05, 0) is 12.8 Å². The summed E-state index contributed by atoms with van der Waals surface area (Å²) in [5.41, 5.74) is 0. The summed E-state index contributed by atoms with van der Waals surface area (Å²) in [6, 6.07) is 0. The molecule has 0 bridgehead atoms. The molecule has 4 nitrogen and oxygen atoms in total. The molecule has 0 aromatic rings. The molecule has 2 amide bonds. The number of carbonyl (C=O) groups is 2. The van der Waals surface area contributed by atoms with Crippen molar-refractivity contribution in [3.8, 4) is 0 Å². The number of fused-ring (bicyclic) bond motifs is 1. The maximum Gasteiger partial charge on any atom is 0.257 e. The molecule has 13 heavy (non-hydrogen) atoms. The van der Waals surface area contributed by atoms with E-state index >= 15 is 0 Å². The van der Waals surface area contributed by atoms with Crippen LogP contribution in [0.3, 0.4) is 0 Å². The van der Waals surface area contributed by atoms with Gasteiger partial charge in [0.15, 0.2) is 0 Å². The molecule has 0 spiro atoms. The second-order valence-electron chi connectivity index (χ2n) is 3.31. The van der Waals surface area contributed by atoms with Crippen molar-refractivity contribution >= 4 is 11.8 Å². The van der Waals surface area contributed by atoms with Gasteiger partial charge in [-0.15, -0.1) is 0 Å². The van der Waals surface area contributed by atoms with Crippen LogP contribution in [-0.4, -0.2) is 24.0 Å². The Labute approximate surface area is 76.1 Å². The van der Waals surface area contributed by atoms with Gasteiger partial charge in [-0.25, -0.2) is 0 Å². The molecule has 2 unspecified atom stereocenters. The Morgan fingerprint density at radius 2 is 1.69 bits per heavy atom.